The van der Waals surface area contributed by atoms with Gasteiger partial charge in [0.25, 0.3) is 5.91 Å². The van der Waals surface area contributed by atoms with Crippen LogP contribution in [0, 0.1) is 0 Å². The molecule has 0 atom stereocenters. The van der Waals surface area contributed by atoms with Gasteiger partial charge in [0.05, 0.1) is 11.3 Å². The molecule has 5 nitrogen and oxygen atoms in total. The molecule has 27 heavy (non-hydrogen) atoms. The number of alkyl halides is 3. The predicted octanol–water partition coefficient (Wildman–Crippen LogP) is 5.14. The first-order valence-corrected chi connectivity index (χ1v) is 8.06. The smallest absolute Gasteiger partial charge is 0.435 e. The fourth-order valence-corrected chi connectivity index (χ4v) is 2.55. The zero-order valence-electron chi connectivity index (χ0n) is 13.9. The summed E-state index contributed by atoms with van der Waals surface area (Å²) < 4.78 is 45.8. The summed E-state index contributed by atoms with van der Waals surface area (Å²) in [6.45, 7) is 0. The number of para-hydroxylation sites is 2. The molecule has 1 N–H and O–H groups in total. The highest BCUT2D eigenvalue weighted by atomic mass is 35.5. The quantitative estimate of drug-likeness (QED) is 0.665. The Hall–Kier alpha value is -3.00. The van der Waals surface area contributed by atoms with E-state index in [4.69, 9.17) is 16.3 Å². The van der Waals surface area contributed by atoms with E-state index in [2.05, 4.69) is 10.4 Å². The number of ether oxygens (including phenoxy) is 1. The number of aryl methyl sites for hydroxylation is 1. The van der Waals surface area contributed by atoms with Gasteiger partial charge in [-0.3, -0.25) is 9.48 Å². The Labute approximate surface area is 157 Å². The SMILES string of the molecule is Cn1cc(C(=O)Nc2ccccc2Oc2cccc(Cl)c2)c(C(F)(F)F)n1. The largest absolute Gasteiger partial charge is 0.455 e. The van der Waals surface area contributed by atoms with Gasteiger partial charge in [-0.1, -0.05) is 29.8 Å². The summed E-state index contributed by atoms with van der Waals surface area (Å²) in [4.78, 5) is 12.4. The minimum atomic E-state index is -4.75. The molecule has 0 aliphatic rings. The summed E-state index contributed by atoms with van der Waals surface area (Å²) in [5, 5.41) is 6.22. The number of nitrogens with one attached hydrogen (secondary N) is 1. The number of hydrogen-bond acceptors (Lipinski definition) is 3. The summed E-state index contributed by atoms with van der Waals surface area (Å²) in [6.07, 6.45) is -3.73. The molecule has 0 radical (unpaired) electrons. The fourth-order valence-electron chi connectivity index (χ4n) is 2.37. The molecule has 0 aliphatic carbocycles. The third-order valence-electron chi connectivity index (χ3n) is 3.50. The first-order chi connectivity index (χ1) is 12.7. The van der Waals surface area contributed by atoms with Crippen LogP contribution in [0.2, 0.25) is 5.02 Å². The van der Waals surface area contributed by atoms with Gasteiger partial charge >= 0.3 is 6.18 Å². The molecule has 0 spiro atoms. The van der Waals surface area contributed by atoms with Crippen LogP contribution < -0.4 is 10.1 Å². The van der Waals surface area contributed by atoms with Gasteiger partial charge in [0.15, 0.2) is 11.4 Å². The molecular weight excluding hydrogens is 383 g/mol. The number of anilines is 1. The predicted molar refractivity (Wildman–Crippen MR) is 94.1 cm³/mol. The van der Waals surface area contributed by atoms with Crippen LogP contribution in [-0.4, -0.2) is 15.7 Å². The second-order valence-corrected chi connectivity index (χ2v) is 6.01. The number of amides is 1. The van der Waals surface area contributed by atoms with E-state index < -0.39 is 23.3 Å². The summed E-state index contributed by atoms with van der Waals surface area (Å²) in [5.74, 6) is -0.273. The third kappa shape index (κ3) is 4.40. The van der Waals surface area contributed by atoms with E-state index in [9.17, 15) is 18.0 Å². The molecule has 0 fully saturated rings. The highest BCUT2D eigenvalue weighted by Gasteiger charge is 2.39. The molecule has 0 unspecified atom stereocenters. The van der Waals surface area contributed by atoms with E-state index in [1.165, 1.54) is 13.1 Å². The molecule has 1 aromatic heterocycles. The Morgan fingerprint density at radius 1 is 1.19 bits per heavy atom. The maximum absolute atomic E-state index is 13.1. The van der Waals surface area contributed by atoms with Crippen molar-refractivity contribution in [3.05, 3.63) is 71.0 Å². The van der Waals surface area contributed by atoms with E-state index in [1.807, 2.05) is 0 Å². The first kappa shape index (κ1) is 18.8. The van der Waals surface area contributed by atoms with E-state index in [0.29, 0.717) is 10.8 Å². The third-order valence-corrected chi connectivity index (χ3v) is 3.74. The van der Waals surface area contributed by atoms with Crippen LogP contribution in [0.25, 0.3) is 0 Å². The fraction of sp³-hybridized carbons (Fsp3) is 0.111. The highest BCUT2D eigenvalue weighted by molar-refractivity contribution is 6.30. The number of carbonyl (C=O) groups excluding carboxylic acids is 1. The molecule has 9 heteroatoms. The number of carbonyl (C=O) groups is 1. The lowest BCUT2D eigenvalue weighted by Crippen LogP contribution is -2.18. The van der Waals surface area contributed by atoms with Crippen LogP contribution in [0.4, 0.5) is 18.9 Å². The Morgan fingerprint density at radius 2 is 1.93 bits per heavy atom. The average molecular weight is 396 g/mol. The van der Waals surface area contributed by atoms with E-state index >= 15 is 0 Å². The minimum absolute atomic E-state index is 0.208. The number of hydrogen-bond donors (Lipinski definition) is 1. The molecule has 0 aliphatic heterocycles. The van der Waals surface area contributed by atoms with Crippen LogP contribution >= 0.6 is 11.6 Å². The van der Waals surface area contributed by atoms with Crippen molar-refractivity contribution >= 4 is 23.2 Å². The minimum Gasteiger partial charge on any atom is -0.455 e. The average Bonchev–Trinajstić information content (AvgIpc) is 2.99. The van der Waals surface area contributed by atoms with Crippen LogP contribution in [-0.2, 0) is 13.2 Å². The Kier molecular flexibility index (Phi) is 5.09. The molecule has 0 saturated carbocycles. The van der Waals surface area contributed by atoms with Crippen molar-refractivity contribution in [2.45, 2.75) is 6.18 Å². The van der Waals surface area contributed by atoms with Crippen molar-refractivity contribution in [3.8, 4) is 11.5 Å². The van der Waals surface area contributed by atoms with Crippen molar-refractivity contribution in [2.24, 2.45) is 7.05 Å². The molecule has 1 heterocycles. The molecule has 1 amide bonds. The van der Waals surface area contributed by atoms with Crippen molar-refractivity contribution in [1.29, 1.82) is 0 Å². The van der Waals surface area contributed by atoms with E-state index in [0.717, 1.165) is 10.9 Å². The molecule has 2 aromatic carbocycles. The lowest BCUT2D eigenvalue weighted by atomic mass is 10.2. The standard InChI is InChI=1S/C18H13ClF3N3O2/c1-25-10-13(16(24-25)18(20,21)22)17(26)23-14-7-2-3-8-15(14)27-12-6-4-5-11(19)9-12/h2-10H,1H3,(H,23,26). The van der Waals surface area contributed by atoms with Crippen molar-refractivity contribution in [2.75, 3.05) is 5.32 Å². The van der Waals surface area contributed by atoms with Gasteiger partial charge in [0.1, 0.15) is 5.75 Å². The normalized spacial score (nSPS) is 11.3. The number of nitrogens with zero attached hydrogens (tertiary/aromatic N) is 2. The zero-order chi connectivity index (χ0) is 19.6. The lowest BCUT2D eigenvalue weighted by molar-refractivity contribution is -0.141. The molecule has 0 saturated heterocycles. The summed E-state index contributed by atoms with van der Waals surface area (Å²) >= 11 is 5.91. The second kappa shape index (κ2) is 7.32. The topological polar surface area (TPSA) is 56.2 Å². The highest BCUT2D eigenvalue weighted by Crippen LogP contribution is 2.33. The maximum Gasteiger partial charge on any atom is 0.435 e. The Bertz CT molecular complexity index is 986. The van der Waals surface area contributed by atoms with Crippen LogP contribution in [0.5, 0.6) is 11.5 Å². The molecule has 0 bridgehead atoms. The Morgan fingerprint density at radius 3 is 2.63 bits per heavy atom. The van der Waals surface area contributed by atoms with Crippen LogP contribution in [0.15, 0.2) is 54.7 Å². The number of aromatic nitrogens is 2. The number of halogens is 4. The van der Waals surface area contributed by atoms with Gasteiger partial charge in [-0.15, -0.1) is 0 Å². The Balaban J connectivity index is 1.88. The second-order valence-electron chi connectivity index (χ2n) is 5.57. The monoisotopic (exact) mass is 395 g/mol. The van der Waals surface area contributed by atoms with Crippen LogP contribution in [0.3, 0.4) is 0 Å². The lowest BCUT2D eigenvalue weighted by Gasteiger charge is -2.12. The first-order valence-electron chi connectivity index (χ1n) is 7.68. The molecular formula is C18H13ClF3N3O2. The summed E-state index contributed by atoms with van der Waals surface area (Å²) in [5.41, 5.74) is -1.63. The molecule has 3 aromatic rings. The van der Waals surface area contributed by atoms with Crippen LogP contribution in [0.1, 0.15) is 16.1 Å². The number of benzene rings is 2. The van der Waals surface area contributed by atoms with Gasteiger partial charge in [0, 0.05) is 18.3 Å². The van der Waals surface area contributed by atoms with Crippen molar-refractivity contribution < 1.29 is 22.7 Å². The number of rotatable bonds is 4. The molecule has 3 rings (SSSR count). The maximum atomic E-state index is 13.1. The zero-order valence-corrected chi connectivity index (χ0v) is 14.7. The van der Waals surface area contributed by atoms with Gasteiger partial charge < -0.3 is 10.1 Å². The molecule has 140 valence electrons. The van der Waals surface area contributed by atoms with E-state index in [1.54, 1.807) is 42.5 Å². The van der Waals surface area contributed by atoms with Crippen molar-refractivity contribution in [3.63, 3.8) is 0 Å². The summed E-state index contributed by atoms with van der Waals surface area (Å²) in [7, 11) is 1.31. The van der Waals surface area contributed by atoms with Gasteiger partial charge in [-0.25, -0.2) is 0 Å². The van der Waals surface area contributed by atoms with Gasteiger partial charge in [-0.2, -0.15) is 18.3 Å². The van der Waals surface area contributed by atoms with Gasteiger partial charge in [-0.05, 0) is 30.3 Å². The van der Waals surface area contributed by atoms with Crippen molar-refractivity contribution in [1.82, 2.24) is 9.78 Å². The van der Waals surface area contributed by atoms with E-state index in [-0.39, 0.29) is 11.4 Å². The summed E-state index contributed by atoms with van der Waals surface area (Å²) in [6, 6.07) is 13.0. The van der Waals surface area contributed by atoms with Gasteiger partial charge in [0.2, 0.25) is 0 Å².